The Morgan fingerprint density at radius 2 is 0.981 bits per heavy atom. The van der Waals surface area contributed by atoms with Crippen molar-refractivity contribution in [2.75, 3.05) is 14.2 Å². The molecule has 0 aliphatic heterocycles. The minimum absolute atomic E-state index is 0. The summed E-state index contributed by atoms with van der Waals surface area (Å²) >= 11 is 0. The van der Waals surface area contributed by atoms with Crippen LogP contribution in [0.15, 0.2) is 12.7 Å². The zero-order valence-corrected chi connectivity index (χ0v) is 30.4. The molecule has 308 valence electrons. The third-order valence-corrected chi connectivity index (χ3v) is 10.6. The molecule has 4 rings (SSSR count). The Bertz CT molecular complexity index is 1030. The molecule has 0 amide bonds. The largest absolute Gasteiger partial charge is 1.51 e. The molecule has 0 aromatic rings. The number of alkyl halides is 12. The first kappa shape index (κ1) is 50.2. The molecule has 2 N–H and O–H groups in total. The normalized spacial score (nSPS) is 25.4. The Balaban J connectivity index is 0.000000720. The highest BCUT2D eigenvalue weighted by atomic mass is 31.0. The summed E-state index contributed by atoms with van der Waals surface area (Å²) in [6.45, 7) is 7.14. The second-order valence-electron chi connectivity index (χ2n) is 13.8. The van der Waals surface area contributed by atoms with Gasteiger partial charge < -0.3 is 29.6 Å². The topological polar surface area (TPSA) is 93.1 Å². The predicted octanol–water partition coefficient (Wildman–Crippen LogP) is 9.87. The zero-order chi connectivity index (χ0) is 39.8. The van der Waals surface area contributed by atoms with Crippen LogP contribution in [-0.2, 0) is 19.1 Å². The summed E-state index contributed by atoms with van der Waals surface area (Å²) in [7, 11) is 2.74. The molecule has 4 aliphatic carbocycles. The van der Waals surface area contributed by atoms with E-state index < -0.39 is 66.6 Å². The zero-order valence-electron chi connectivity index (χ0n) is 29.4. The molecule has 6 nitrogen and oxygen atoms in total. The van der Waals surface area contributed by atoms with E-state index >= 15 is 0 Å². The lowest BCUT2D eigenvalue weighted by molar-refractivity contribution is -0.373. The van der Waals surface area contributed by atoms with Crippen molar-refractivity contribution in [1.82, 2.24) is 0 Å². The Hall–Kier alpha value is -1.81. The number of methoxy groups -OCH3 is 2. The molecule has 0 radical (unpaired) electrons. The molecule has 0 heterocycles. The molecule has 4 aliphatic rings. The molecule has 0 aromatic heterocycles. The van der Waals surface area contributed by atoms with Crippen molar-refractivity contribution < 1.29 is 82.0 Å². The number of fused-ring (bicyclic) bond motifs is 4. The molecular weight excluding hydrogens is 751 g/mol. The molecule has 19 heteroatoms. The Labute approximate surface area is 299 Å². The number of hydrogen-bond donors (Lipinski definition) is 2. The lowest BCUT2D eigenvalue weighted by atomic mass is 9.79. The number of rotatable bonds is 8. The SMILES string of the molecule is C=CC(=O)OC.CCC(CC)C(=O)OC.OC(CC1CC2CCC1C2)(C(F)(F)F)C(F)(F)F.OC(CC1CC2CCC1C2)(C(F)(F)F)C(F)(F)F.[PH-2]. The van der Waals surface area contributed by atoms with E-state index in [9.17, 15) is 62.3 Å². The van der Waals surface area contributed by atoms with Gasteiger partial charge in [-0.2, -0.15) is 52.7 Å². The van der Waals surface area contributed by atoms with Crippen molar-refractivity contribution in [3.05, 3.63) is 12.7 Å². The van der Waals surface area contributed by atoms with E-state index in [0.29, 0.717) is 38.5 Å². The Morgan fingerprint density at radius 3 is 1.12 bits per heavy atom. The van der Waals surface area contributed by atoms with Crippen LogP contribution >= 0.6 is 9.90 Å². The maximum Gasteiger partial charge on any atom is 0.426 e. The maximum atomic E-state index is 12.5. The standard InChI is InChI=1S/2C11H14F6O.C7H14O2.C4H6O2.HP/c2*12-10(13,14)9(18,11(15,16)17)5-8-4-6-1-2-7(8)3-6;1-4-6(5-2)7(8)9-3;1-3-4(5)6-2;/h2*6-8,18H,1-5H2;6H,4-5H2,1-3H3;3H,1H2,2H3;1H/q;;;;-2. The van der Waals surface area contributed by atoms with E-state index in [2.05, 4.69) is 16.1 Å². The summed E-state index contributed by atoms with van der Waals surface area (Å²) in [5.41, 5.74) is -9.12. The summed E-state index contributed by atoms with van der Waals surface area (Å²) in [5, 5.41) is 18.2. The smallest absolute Gasteiger partial charge is 0.426 e. The quantitative estimate of drug-likeness (QED) is 0.110. The van der Waals surface area contributed by atoms with Crippen LogP contribution in [0.5, 0.6) is 0 Å². The van der Waals surface area contributed by atoms with Gasteiger partial charge in [-0.15, -0.1) is 0 Å². The van der Waals surface area contributed by atoms with Crippen molar-refractivity contribution in [2.24, 2.45) is 41.4 Å². The summed E-state index contributed by atoms with van der Waals surface area (Å²) < 4.78 is 159. The van der Waals surface area contributed by atoms with Crippen molar-refractivity contribution in [1.29, 1.82) is 0 Å². The first-order valence-electron chi connectivity index (χ1n) is 16.7. The van der Waals surface area contributed by atoms with Crippen LogP contribution in [0.4, 0.5) is 52.7 Å². The van der Waals surface area contributed by atoms with E-state index in [1.807, 2.05) is 13.8 Å². The fourth-order valence-electron chi connectivity index (χ4n) is 7.67. The number of halogens is 12. The molecule has 6 unspecified atom stereocenters. The van der Waals surface area contributed by atoms with Gasteiger partial charge in [0.25, 0.3) is 11.2 Å². The summed E-state index contributed by atoms with van der Waals surface area (Å²) in [6, 6.07) is 0. The van der Waals surface area contributed by atoms with Crippen LogP contribution in [0, 0.1) is 41.4 Å². The van der Waals surface area contributed by atoms with Gasteiger partial charge in [0.15, 0.2) is 0 Å². The van der Waals surface area contributed by atoms with Crippen molar-refractivity contribution >= 4 is 21.8 Å². The first-order valence-corrected chi connectivity index (χ1v) is 16.7. The molecule has 0 aromatic carbocycles. The molecular formula is C33H49F12O6P-2. The Morgan fingerprint density at radius 1 is 0.654 bits per heavy atom. The van der Waals surface area contributed by atoms with Crippen molar-refractivity contribution in [3.63, 3.8) is 0 Å². The molecule has 52 heavy (non-hydrogen) atoms. The number of carbonyl (C=O) groups excluding carboxylic acids is 2. The summed E-state index contributed by atoms with van der Waals surface area (Å²) in [6.07, 6.45) is -17.0. The molecule has 4 fully saturated rings. The number of ether oxygens (including phenoxy) is 2. The van der Waals surface area contributed by atoms with Crippen LogP contribution in [0.1, 0.15) is 90.9 Å². The summed E-state index contributed by atoms with van der Waals surface area (Å²) in [5.74, 6) is -1.41. The van der Waals surface area contributed by atoms with Crippen LogP contribution in [-0.4, -0.2) is 72.3 Å². The van der Waals surface area contributed by atoms with Crippen molar-refractivity contribution in [3.8, 4) is 0 Å². The van der Waals surface area contributed by atoms with Crippen LogP contribution < -0.4 is 0 Å². The number of aliphatic hydroxyl groups is 2. The van der Waals surface area contributed by atoms with Crippen molar-refractivity contribution in [2.45, 2.75) is 127 Å². The fraction of sp³-hybridized carbons (Fsp3) is 0.879. The Kier molecular flexibility index (Phi) is 19.0. The van der Waals surface area contributed by atoms with E-state index in [-0.39, 0.29) is 45.5 Å². The summed E-state index contributed by atoms with van der Waals surface area (Å²) in [4.78, 5) is 20.6. The molecule has 4 bridgehead atoms. The first-order chi connectivity index (χ1) is 23.2. The number of esters is 2. The van der Waals surface area contributed by atoms with Crippen LogP contribution in [0.3, 0.4) is 0 Å². The van der Waals surface area contributed by atoms with Gasteiger partial charge in [-0.1, -0.05) is 33.3 Å². The predicted molar refractivity (Wildman–Crippen MR) is 168 cm³/mol. The highest BCUT2D eigenvalue weighted by Crippen LogP contribution is 2.56. The third-order valence-electron chi connectivity index (χ3n) is 10.6. The van der Waals surface area contributed by atoms with Gasteiger partial charge in [-0.05, 0) is 99.7 Å². The van der Waals surface area contributed by atoms with E-state index in [1.54, 1.807) is 0 Å². The minimum Gasteiger partial charge on any atom is -1.51 e. The highest BCUT2D eigenvalue weighted by molar-refractivity contribution is 6.92. The number of hydrogen-bond acceptors (Lipinski definition) is 6. The van der Waals surface area contributed by atoms with Crippen LogP contribution in [0.25, 0.3) is 0 Å². The van der Waals surface area contributed by atoms with E-state index in [1.165, 1.54) is 14.2 Å². The van der Waals surface area contributed by atoms with E-state index in [0.717, 1.165) is 31.8 Å². The van der Waals surface area contributed by atoms with Gasteiger partial charge >= 0.3 is 36.6 Å². The van der Waals surface area contributed by atoms with Gasteiger partial charge in [-0.3, -0.25) is 4.79 Å². The van der Waals surface area contributed by atoms with Gasteiger partial charge in [0.2, 0.25) is 0 Å². The van der Waals surface area contributed by atoms with Gasteiger partial charge in [0.05, 0.1) is 20.1 Å². The third kappa shape index (κ3) is 12.6. The van der Waals surface area contributed by atoms with E-state index in [4.69, 9.17) is 10.2 Å². The van der Waals surface area contributed by atoms with Gasteiger partial charge in [0.1, 0.15) is 0 Å². The molecule has 0 saturated heterocycles. The highest BCUT2D eigenvalue weighted by Gasteiger charge is 2.72. The minimum atomic E-state index is -5.67. The maximum absolute atomic E-state index is 12.5. The lowest BCUT2D eigenvalue weighted by Gasteiger charge is -2.36. The second kappa shape index (κ2) is 19.7. The second-order valence-corrected chi connectivity index (χ2v) is 13.8. The molecule has 0 spiro atoms. The molecule has 6 atom stereocenters. The number of carbonyl (C=O) groups is 2. The average molecular weight is 801 g/mol. The van der Waals surface area contributed by atoms with Crippen LogP contribution in [0.2, 0.25) is 0 Å². The molecule has 4 saturated carbocycles. The average Bonchev–Trinajstić information content (AvgIpc) is 3.83. The van der Waals surface area contributed by atoms with Gasteiger partial charge in [0, 0.05) is 6.08 Å². The monoisotopic (exact) mass is 800 g/mol. The fourth-order valence-corrected chi connectivity index (χ4v) is 7.67. The van der Waals surface area contributed by atoms with Gasteiger partial charge in [-0.25, -0.2) is 4.79 Å². The lowest BCUT2D eigenvalue weighted by Crippen LogP contribution is -2.58.